The van der Waals surface area contributed by atoms with Gasteiger partial charge in [0.05, 0.1) is 12.3 Å². The average molecular weight is 278 g/mol. The highest BCUT2D eigenvalue weighted by Crippen LogP contribution is 2.28. The second kappa shape index (κ2) is 7.60. The summed E-state index contributed by atoms with van der Waals surface area (Å²) in [6, 6.07) is 3.96. The lowest BCUT2D eigenvalue weighted by atomic mass is 10.2. The highest BCUT2D eigenvalue weighted by molar-refractivity contribution is 5.29. The van der Waals surface area contributed by atoms with E-state index in [9.17, 15) is 0 Å². The summed E-state index contributed by atoms with van der Waals surface area (Å²) in [6.07, 6.45) is 2.60. The first-order valence-electron chi connectivity index (χ1n) is 7.53. The molecule has 4 heteroatoms. The van der Waals surface area contributed by atoms with Gasteiger partial charge in [-0.2, -0.15) is 0 Å². The highest BCUT2D eigenvalue weighted by atomic mass is 16.7. The van der Waals surface area contributed by atoms with Crippen molar-refractivity contribution in [2.75, 3.05) is 19.9 Å². The number of nitrogens with one attached hydrogen (secondary N) is 1. The van der Waals surface area contributed by atoms with Crippen LogP contribution < -0.4 is 10.1 Å². The summed E-state index contributed by atoms with van der Waals surface area (Å²) in [6.45, 7) is 9.24. The first-order chi connectivity index (χ1) is 9.65. The van der Waals surface area contributed by atoms with E-state index < -0.39 is 0 Å². The van der Waals surface area contributed by atoms with Gasteiger partial charge in [0, 0.05) is 12.2 Å². The quantitative estimate of drug-likeness (QED) is 0.557. The van der Waals surface area contributed by atoms with Crippen LogP contribution >= 0.6 is 0 Å². The van der Waals surface area contributed by atoms with Crippen molar-refractivity contribution in [3.05, 3.63) is 23.5 Å². The molecule has 20 heavy (non-hydrogen) atoms. The maximum atomic E-state index is 5.70. The molecule has 1 aromatic rings. The van der Waals surface area contributed by atoms with E-state index >= 15 is 0 Å². The summed E-state index contributed by atoms with van der Waals surface area (Å²) in [5.41, 5.74) is 1.97. The van der Waals surface area contributed by atoms with Crippen molar-refractivity contribution in [3.63, 3.8) is 0 Å². The van der Waals surface area contributed by atoms with Crippen molar-refractivity contribution < 1.29 is 9.47 Å². The Morgan fingerprint density at radius 2 is 2.15 bits per heavy atom. The summed E-state index contributed by atoms with van der Waals surface area (Å²) in [5, 5.41) is 3.40. The van der Waals surface area contributed by atoms with Gasteiger partial charge in [-0.05, 0) is 50.3 Å². The molecule has 0 aromatic carbocycles. The summed E-state index contributed by atoms with van der Waals surface area (Å²) in [7, 11) is 0. The average Bonchev–Trinajstić information content (AvgIpc) is 3.20. The maximum Gasteiger partial charge on any atom is 0.189 e. The summed E-state index contributed by atoms with van der Waals surface area (Å²) < 4.78 is 11.2. The molecule has 1 aliphatic carbocycles. The van der Waals surface area contributed by atoms with Crippen LogP contribution in [0.4, 0.5) is 0 Å². The Bertz CT molecular complexity index is 417. The molecule has 1 aromatic heterocycles. The van der Waals surface area contributed by atoms with Crippen molar-refractivity contribution >= 4 is 0 Å². The third-order valence-electron chi connectivity index (χ3n) is 3.26. The number of hydrogen-bond donors (Lipinski definition) is 1. The fourth-order valence-corrected chi connectivity index (χ4v) is 1.94. The van der Waals surface area contributed by atoms with E-state index in [0.717, 1.165) is 42.8 Å². The Labute approximate surface area is 121 Å². The van der Waals surface area contributed by atoms with E-state index in [1.807, 2.05) is 19.1 Å². The Kier molecular flexibility index (Phi) is 5.80. The number of nitrogens with zero attached hydrogens (tertiary/aromatic N) is 1. The van der Waals surface area contributed by atoms with E-state index in [1.54, 1.807) is 0 Å². The largest absolute Gasteiger partial charge is 0.466 e. The van der Waals surface area contributed by atoms with Crippen LogP contribution in [0.2, 0.25) is 0 Å². The predicted octanol–water partition coefficient (Wildman–Crippen LogP) is 2.90. The van der Waals surface area contributed by atoms with Crippen LogP contribution in [0.3, 0.4) is 0 Å². The van der Waals surface area contributed by atoms with Crippen molar-refractivity contribution in [2.24, 2.45) is 11.8 Å². The molecule has 112 valence electrons. The fourth-order valence-electron chi connectivity index (χ4n) is 1.94. The minimum Gasteiger partial charge on any atom is -0.466 e. The van der Waals surface area contributed by atoms with Gasteiger partial charge in [-0.25, -0.2) is 0 Å². The third-order valence-corrected chi connectivity index (χ3v) is 3.26. The van der Waals surface area contributed by atoms with Crippen LogP contribution in [-0.4, -0.2) is 24.9 Å². The molecule has 0 atom stereocenters. The van der Waals surface area contributed by atoms with Crippen molar-refractivity contribution in [1.82, 2.24) is 10.3 Å². The van der Waals surface area contributed by atoms with E-state index in [1.165, 1.54) is 12.8 Å². The smallest absolute Gasteiger partial charge is 0.189 e. The molecule has 2 rings (SSSR count). The van der Waals surface area contributed by atoms with Gasteiger partial charge in [0.2, 0.25) is 0 Å². The normalized spacial score (nSPS) is 14.8. The standard InChI is InChI=1S/C16H26N2O2/c1-12(2)8-17-9-15-16(7-4-13(3)18-15)20-11-19-10-14-5-6-14/h4,7,12,14,17H,5-6,8-11H2,1-3H3. The lowest BCUT2D eigenvalue weighted by Crippen LogP contribution is -2.20. The zero-order chi connectivity index (χ0) is 14.4. The summed E-state index contributed by atoms with van der Waals surface area (Å²) in [5.74, 6) is 2.22. The van der Waals surface area contributed by atoms with Crippen LogP contribution in [0.1, 0.15) is 38.1 Å². The molecule has 0 unspecified atom stereocenters. The predicted molar refractivity (Wildman–Crippen MR) is 79.7 cm³/mol. The molecule has 0 bridgehead atoms. The van der Waals surface area contributed by atoms with Crippen LogP contribution in [0, 0.1) is 18.8 Å². The number of rotatable bonds is 9. The van der Waals surface area contributed by atoms with Gasteiger partial charge < -0.3 is 14.8 Å². The van der Waals surface area contributed by atoms with Crippen LogP contribution in [0.25, 0.3) is 0 Å². The molecule has 0 radical (unpaired) electrons. The summed E-state index contributed by atoms with van der Waals surface area (Å²) in [4.78, 5) is 4.55. The Balaban J connectivity index is 1.81. The van der Waals surface area contributed by atoms with Gasteiger partial charge >= 0.3 is 0 Å². The van der Waals surface area contributed by atoms with Crippen molar-refractivity contribution in [2.45, 2.75) is 40.2 Å². The molecular weight excluding hydrogens is 252 g/mol. The Morgan fingerprint density at radius 3 is 2.85 bits per heavy atom. The highest BCUT2D eigenvalue weighted by Gasteiger charge is 2.21. The number of hydrogen-bond acceptors (Lipinski definition) is 4. The van der Waals surface area contributed by atoms with Crippen LogP contribution in [0.5, 0.6) is 5.75 Å². The molecule has 0 spiro atoms. The van der Waals surface area contributed by atoms with Crippen molar-refractivity contribution in [3.8, 4) is 5.75 Å². The molecule has 1 aliphatic rings. The molecule has 0 saturated heterocycles. The summed E-state index contributed by atoms with van der Waals surface area (Å²) >= 11 is 0. The molecule has 1 N–H and O–H groups in total. The van der Waals surface area contributed by atoms with Crippen LogP contribution in [-0.2, 0) is 11.3 Å². The van der Waals surface area contributed by atoms with Gasteiger partial charge in [0.15, 0.2) is 6.79 Å². The van der Waals surface area contributed by atoms with E-state index in [2.05, 4.69) is 24.1 Å². The van der Waals surface area contributed by atoms with Crippen LogP contribution in [0.15, 0.2) is 12.1 Å². The van der Waals surface area contributed by atoms with E-state index in [-0.39, 0.29) is 0 Å². The Hall–Kier alpha value is -1.13. The van der Waals surface area contributed by atoms with Gasteiger partial charge in [0.25, 0.3) is 0 Å². The second-order valence-corrected chi connectivity index (χ2v) is 6.00. The van der Waals surface area contributed by atoms with Gasteiger partial charge in [-0.3, -0.25) is 4.98 Å². The minimum atomic E-state index is 0.318. The zero-order valence-electron chi connectivity index (χ0n) is 12.8. The molecule has 4 nitrogen and oxygen atoms in total. The molecule has 1 fully saturated rings. The van der Waals surface area contributed by atoms with E-state index in [4.69, 9.17) is 9.47 Å². The molecule has 1 heterocycles. The number of aryl methyl sites for hydroxylation is 1. The maximum absolute atomic E-state index is 5.70. The first-order valence-corrected chi connectivity index (χ1v) is 7.53. The lowest BCUT2D eigenvalue weighted by molar-refractivity contribution is 0.00914. The Morgan fingerprint density at radius 1 is 1.35 bits per heavy atom. The van der Waals surface area contributed by atoms with E-state index in [0.29, 0.717) is 12.7 Å². The monoisotopic (exact) mass is 278 g/mol. The first kappa shape index (κ1) is 15.3. The topological polar surface area (TPSA) is 43.4 Å². The minimum absolute atomic E-state index is 0.318. The lowest BCUT2D eigenvalue weighted by Gasteiger charge is -2.13. The zero-order valence-corrected chi connectivity index (χ0v) is 12.8. The number of pyridine rings is 1. The van der Waals surface area contributed by atoms with Gasteiger partial charge in [-0.1, -0.05) is 13.8 Å². The van der Waals surface area contributed by atoms with Gasteiger partial charge in [-0.15, -0.1) is 0 Å². The fraction of sp³-hybridized carbons (Fsp3) is 0.688. The van der Waals surface area contributed by atoms with Crippen molar-refractivity contribution in [1.29, 1.82) is 0 Å². The third kappa shape index (κ3) is 5.47. The SMILES string of the molecule is Cc1ccc(OCOCC2CC2)c(CNCC(C)C)n1. The molecule has 1 saturated carbocycles. The number of aromatic nitrogens is 1. The number of ether oxygens (including phenoxy) is 2. The van der Waals surface area contributed by atoms with Gasteiger partial charge in [0.1, 0.15) is 5.75 Å². The molecule has 0 aliphatic heterocycles. The molecule has 0 amide bonds. The second-order valence-electron chi connectivity index (χ2n) is 6.00. The molecular formula is C16H26N2O2.